The highest BCUT2D eigenvalue weighted by atomic mass is 32.2. The van der Waals surface area contributed by atoms with Gasteiger partial charge in [-0.1, -0.05) is 6.08 Å². The molecule has 0 aliphatic carbocycles. The SMILES string of the molecule is CC=C(N)C1=NC(C(=O)O)CS1. The van der Waals surface area contributed by atoms with Gasteiger partial charge in [0.2, 0.25) is 0 Å². The quantitative estimate of drug-likeness (QED) is 0.656. The first kappa shape index (κ1) is 9.12. The molecule has 66 valence electrons. The monoisotopic (exact) mass is 186 g/mol. The number of carbonyl (C=O) groups is 1. The topological polar surface area (TPSA) is 75.7 Å². The number of nitrogens with zero attached hydrogens (tertiary/aromatic N) is 1. The fourth-order valence-electron chi connectivity index (χ4n) is 0.782. The van der Waals surface area contributed by atoms with Crippen molar-refractivity contribution in [3.63, 3.8) is 0 Å². The highest BCUT2D eigenvalue weighted by Crippen LogP contribution is 2.20. The van der Waals surface area contributed by atoms with Crippen LogP contribution in [-0.2, 0) is 4.79 Å². The Morgan fingerprint density at radius 3 is 3.00 bits per heavy atom. The van der Waals surface area contributed by atoms with Gasteiger partial charge in [0, 0.05) is 5.75 Å². The van der Waals surface area contributed by atoms with Crippen molar-refractivity contribution in [1.29, 1.82) is 0 Å². The van der Waals surface area contributed by atoms with Crippen LogP contribution >= 0.6 is 11.8 Å². The Morgan fingerprint density at radius 1 is 1.92 bits per heavy atom. The molecule has 3 N–H and O–H groups in total. The number of rotatable bonds is 2. The molecular formula is C7H10N2O2S. The first-order valence-electron chi connectivity index (χ1n) is 3.50. The lowest BCUT2D eigenvalue weighted by molar-refractivity contribution is -0.137. The molecule has 0 fully saturated rings. The molecule has 1 aliphatic heterocycles. The predicted molar refractivity (Wildman–Crippen MR) is 49.3 cm³/mol. The molecule has 0 aromatic rings. The van der Waals surface area contributed by atoms with Crippen LogP contribution in [0, 0.1) is 0 Å². The smallest absolute Gasteiger partial charge is 0.329 e. The van der Waals surface area contributed by atoms with Crippen LogP contribution in [0.2, 0.25) is 0 Å². The third kappa shape index (κ3) is 1.79. The number of allylic oxidation sites excluding steroid dienone is 1. The highest BCUT2D eigenvalue weighted by Gasteiger charge is 2.24. The van der Waals surface area contributed by atoms with E-state index in [4.69, 9.17) is 10.8 Å². The molecule has 12 heavy (non-hydrogen) atoms. The number of aliphatic imine (C=N–C) groups is 1. The van der Waals surface area contributed by atoms with Crippen molar-refractivity contribution in [3.05, 3.63) is 11.8 Å². The largest absolute Gasteiger partial charge is 0.480 e. The van der Waals surface area contributed by atoms with Crippen LogP contribution in [0.15, 0.2) is 16.8 Å². The van der Waals surface area contributed by atoms with Crippen molar-refractivity contribution in [2.45, 2.75) is 13.0 Å². The van der Waals surface area contributed by atoms with Crippen LogP contribution < -0.4 is 5.73 Å². The van der Waals surface area contributed by atoms with Crippen LogP contribution in [0.5, 0.6) is 0 Å². The van der Waals surface area contributed by atoms with E-state index in [-0.39, 0.29) is 0 Å². The zero-order valence-corrected chi connectivity index (χ0v) is 7.47. The van der Waals surface area contributed by atoms with Gasteiger partial charge in [-0.05, 0) is 6.92 Å². The third-order valence-electron chi connectivity index (χ3n) is 1.49. The second kappa shape index (κ2) is 3.62. The average Bonchev–Trinajstić information content (AvgIpc) is 2.51. The van der Waals surface area contributed by atoms with Gasteiger partial charge in [0.25, 0.3) is 0 Å². The Hall–Kier alpha value is -0.970. The first-order valence-corrected chi connectivity index (χ1v) is 4.49. The molecule has 5 heteroatoms. The lowest BCUT2D eigenvalue weighted by Crippen LogP contribution is -2.17. The number of carboxylic acid groups (broad SMARTS) is 1. The summed E-state index contributed by atoms with van der Waals surface area (Å²) in [4.78, 5) is 14.4. The van der Waals surface area contributed by atoms with Crippen molar-refractivity contribution in [3.8, 4) is 0 Å². The van der Waals surface area contributed by atoms with Crippen molar-refractivity contribution < 1.29 is 9.90 Å². The van der Waals surface area contributed by atoms with Gasteiger partial charge in [-0.15, -0.1) is 11.8 Å². The summed E-state index contributed by atoms with van der Waals surface area (Å²) in [6.45, 7) is 1.80. The molecule has 0 radical (unpaired) electrons. The number of nitrogens with two attached hydrogens (primary N) is 1. The minimum Gasteiger partial charge on any atom is -0.480 e. The van der Waals surface area contributed by atoms with Gasteiger partial charge in [0.15, 0.2) is 6.04 Å². The van der Waals surface area contributed by atoms with E-state index < -0.39 is 12.0 Å². The van der Waals surface area contributed by atoms with E-state index in [0.717, 1.165) is 0 Å². The van der Waals surface area contributed by atoms with Gasteiger partial charge in [0.05, 0.1) is 5.70 Å². The van der Waals surface area contributed by atoms with E-state index in [9.17, 15) is 4.79 Å². The minimum absolute atomic E-state index is 0.485. The molecule has 0 bridgehead atoms. The van der Waals surface area contributed by atoms with E-state index in [1.54, 1.807) is 13.0 Å². The van der Waals surface area contributed by atoms with Crippen molar-refractivity contribution in [2.75, 3.05) is 5.75 Å². The number of hydrogen-bond donors (Lipinski definition) is 2. The Kier molecular flexibility index (Phi) is 2.75. The number of aliphatic carboxylic acids is 1. The third-order valence-corrected chi connectivity index (χ3v) is 2.59. The van der Waals surface area contributed by atoms with Gasteiger partial charge in [-0.3, -0.25) is 4.99 Å². The molecular weight excluding hydrogens is 176 g/mol. The fourth-order valence-corrected chi connectivity index (χ4v) is 1.80. The van der Waals surface area contributed by atoms with Gasteiger partial charge >= 0.3 is 5.97 Å². The Balaban J connectivity index is 2.72. The van der Waals surface area contributed by atoms with Crippen LogP contribution in [0.3, 0.4) is 0 Å². The summed E-state index contributed by atoms with van der Waals surface area (Å²) in [7, 11) is 0. The van der Waals surface area contributed by atoms with Crippen molar-refractivity contribution >= 4 is 22.8 Å². The average molecular weight is 186 g/mol. The van der Waals surface area contributed by atoms with Crippen molar-refractivity contribution in [1.82, 2.24) is 0 Å². The highest BCUT2D eigenvalue weighted by molar-refractivity contribution is 8.14. The first-order chi connectivity index (χ1) is 5.65. The molecule has 1 unspecified atom stereocenters. The standard InChI is InChI=1S/C7H10N2O2S/c1-2-4(8)6-9-5(3-12-6)7(10)11/h2,5H,3,8H2,1H3,(H,10,11). The zero-order valence-electron chi connectivity index (χ0n) is 6.65. The second-order valence-electron chi connectivity index (χ2n) is 2.34. The molecule has 1 atom stereocenters. The summed E-state index contributed by atoms with van der Waals surface area (Å²) in [5.74, 6) is -0.402. The van der Waals surface area contributed by atoms with Crippen molar-refractivity contribution in [2.24, 2.45) is 10.7 Å². The summed E-state index contributed by atoms with van der Waals surface area (Å²) >= 11 is 1.39. The molecule has 0 spiro atoms. The Morgan fingerprint density at radius 2 is 2.58 bits per heavy atom. The second-order valence-corrected chi connectivity index (χ2v) is 3.35. The molecule has 4 nitrogen and oxygen atoms in total. The van der Waals surface area contributed by atoms with Gasteiger partial charge in [0.1, 0.15) is 5.04 Å². The van der Waals surface area contributed by atoms with E-state index in [1.165, 1.54) is 11.8 Å². The molecule has 0 saturated carbocycles. The zero-order chi connectivity index (χ0) is 9.14. The van der Waals surface area contributed by atoms with E-state index in [2.05, 4.69) is 4.99 Å². The normalized spacial score (nSPS) is 23.9. The number of thioether (sulfide) groups is 1. The lowest BCUT2D eigenvalue weighted by Gasteiger charge is -1.95. The molecule has 1 aliphatic rings. The van der Waals surface area contributed by atoms with Crippen LogP contribution in [0.25, 0.3) is 0 Å². The maximum absolute atomic E-state index is 10.5. The van der Waals surface area contributed by atoms with Crippen LogP contribution in [0.1, 0.15) is 6.92 Å². The minimum atomic E-state index is -0.888. The molecule has 0 amide bonds. The maximum atomic E-state index is 10.5. The fraction of sp³-hybridized carbons (Fsp3) is 0.429. The molecule has 1 rings (SSSR count). The summed E-state index contributed by atoms with van der Waals surface area (Å²) in [6.07, 6.45) is 1.72. The van der Waals surface area contributed by atoms with E-state index in [1.807, 2.05) is 0 Å². The van der Waals surface area contributed by atoms with E-state index in [0.29, 0.717) is 16.5 Å². The molecule has 0 aromatic carbocycles. The van der Waals surface area contributed by atoms with E-state index >= 15 is 0 Å². The predicted octanol–water partition coefficient (Wildman–Crippen LogP) is 0.447. The Bertz CT molecular complexity index is 260. The van der Waals surface area contributed by atoms with Gasteiger partial charge < -0.3 is 10.8 Å². The van der Waals surface area contributed by atoms with Crippen LogP contribution in [-0.4, -0.2) is 27.9 Å². The van der Waals surface area contributed by atoms with Gasteiger partial charge in [-0.2, -0.15) is 0 Å². The summed E-state index contributed by atoms with van der Waals surface area (Å²) in [5, 5.41) is 9.25. The summed E-state index contributed by atoms with van der Waals surface area (Å²) in [5.41, 5.74) is 6.12. The summed E-state index contributed by atoms with van der Waals surface area (Å²) < 4.78 is 0. The van der Waals surface area contributed by atoms with Crippen LogP contribution in [0.4, 0.5) is 0 Å². The molecule has 0 aromatic heterocycles. The number of hydrogen-bond acceptors (Lipinski definition) is 4. The molecule has 0 saturated heterocycles. The van der Waals surface area contributed by atoms with Gasteiger partial charge in [-0.25, -0.2) is 4.79 Å². The number of carboxylic acids is 1. The Labute approximate surface area is 74.5 Å². The maximum Gasteiger partial charge on any atom is 0.329 e. The lowest BCUT2D eigenvalue weighted by atomic mass is 10.3. The summed E-state index contributed by atoms with van der Waals surface area (Å²) in [6, 6.07) is -0.622. The molecule has 1 heterocycles.